The average Bonchev–Trinajstić information content (AvgIpc) is 2.36. The number of amides is 2. The van der Waals surface area contributed by atoms with E-state index < -0.39 is 0 Å². The first-order valence-electron chi connectivity index (χ1n) is 6.07. The highest BCUT2D eigenvalue weighted by molar-refractivity contribution is 5.85. The van der Waals surface area contributed by atoms with Gasteiger partial charge in [-0.3, -0.25) is 14.5 Å². The van der Waals surface area contributed by atoms with E-state index in [1.807, 2.05) is 6.92 Å². The van der Waals surface area contributed by atoms with E-state index in [1.54, 1.807) is 11.9 Å². The Bertz CT molecular complexity index is 264. The van der Waals surface area contributed by atoms with Crippen molar-refractivity contribution in [1.29, 1.82) is 0 Å². The Kier molecular flexibility index (Phi) is 5.93. The minimum atomic E-state index is -0.0789. The average molecular weight is 242 g/mol. The summed E-state index contributed by atoms with van der Waals surface area (Å²) in [5, 5.41) is 5.88. The van der Waals surface area contributed by atoms with Gasteiger partial charge in [0.1, 0.15) is 0 Å². The Balaban J connectivity index is 2.18. The Morgan fingerprint density at radius 1 is 1.35 bits per heavy atom. The van der Waals surface area contributed by atoms with Gasteiger partial charge in [-0.05, 0) is 6.92 Å². The fourth-order valence-electron chi connectivity index (χ4n) is 1.61. The second kappa shape index (κ2) is 7.24. The van der Waals surface area contributed by atoms with Gasteiger partial charge in [-0.2, -0.15) is 0 Å². The molecule has 0 aromatic carbocycles. The summed E-state index contributed by atoms with van der Waals surface area (Å²) in [4.78, 5) is 26.7. The third kappa shape index (κ3) is 5.14. The Morgan fingerprint density at radius 2 is 2.00 bits per heavy atom. The van der Waals surface area contributed by atoms with Crippen LogP contribution in [0.4, 0.5) is 0 Å². The topological polar surface area (TPSA) is 64.7 Å². The number of carbonyl (C=O) groups is 2. The molecular weight excluding hydrogens is 220 g/mol. The van der Waals surface area contributed by atoms with Crippen LogP contribution in [-0.2, 0) is 9.59 Å². The monoisotopic (exact) mass is 242 g/mol. The minimum absolute atomic E-state index is 0.0545. The van der Waals surface area contributed by atoms with E-state index in [2.05, 4.69) is 15.5 Å². The molecule has 0 spiro atoms. The lowest BCUT2D eigenvalue weighted by Crippen LogP contribution is -2.48. The standard InChI is InChI=1S/C11H22N4O2/c1-3-14(2)11(17)8-13-10(16)9-15-6-4-12-5-7-15/h12H,3-9H2,1-2H3,(H,13,16). The second-order valence-corrected chi connectivity index (χ2v) is 4.21. The van der Waals surface area contributed by atoms with Crippen LogP contribution in [0.5, 0.6) is 0 Å². The molecular formula is C11H22N4O2. The molecule has 1 rings (SSSR count). The van der Waals surface area contributed by atoms with E-state index in [9.17, 15) is 9.59 Å². The van der Waals surface area contributed by atoms with Crippen LogP contribution in [-0.4, -0.2) is 74.5 Å². The van der Waals surface area contributed by atoms with Gasteiger partial charge in [0, 0.05) is 39.8 Å². The van der Waals surface area contributed by atoms with Gasteiger partial charge in [-0.25, -0.2) is 0 Å². The quantitative estimate of drug-likeness (QED) is 0.615. The van der Waals surface area contributed by atoms with Crippen molar-refractivity contribution in [2.45, 2.75) is 6.92 Å². The fourth-order valence-corrected chi connectivity index (χ4v) is 1.61. The number of piperazine rings is 1. The number of hydrogen-bond donors (Lipinski definition) is 2. The van der Waals surface area contributed by atoms with Crippen molar-refractivity contribution >= 4 is 11.8 Å². The van der Waals surface area contributed by atoms with Gasteiger partial charge < -0.3 is 15.5 Å². The summed E-state index contributed by atoms with van der Waals surface area (Å²) >= 11 is 0. The highest BCUT2D eigenvalue weighted by Gasteiger charge is 2.14. The number of carbonyl (C=O) groups excluding carboxylic acids is 2. The first kappa shape index (κ1) is 13.9. The molecule has 1 fully saturated rings. The van der Waals surface area contributed by atoms with Crippen molar-refractivity contribution in [3.8, 4) is 0 Å². The molecule has 6 nitrogen and oxygen atoms in total. The third-order valence-electron chi connectivity index (χ3n) is 2.91. The lowest BCUT2D eigenvalue weighted by molar-refractivity contribution is -0.132. The summed E-state index contributed by atoms with van der Waals surface area (Å²) in [5.41, 5.74) is 0. The summed E-state index contributed by atoms with van der Waals surface area (Å²) in [6.07, 6.45) is 0. The van der Waals surface area contributed by atoms with Crippen LogP contribution in [0.15, 0.2) is 0 Å². The van der Waals surface area contributed by atoms with Gasteiger partial charge in [-0.1, -0.05) is 0 Å². The van der Waals surface area contributed by atoms with Gasteiger partial charge in [-0.15, -0.1) is 0 Å². The van der Waals surface area contributed by atoms with Crippen LogP contribution in [0.1, 0.15) is 6.92 Å². The molecule has 17 heavy (non-hydrogen) atoms. The lowest BCUT2D eigenvalue weighted by atomic mass is 10.3. The van der Waals surface area contributed by atoms with E-state index in [1.165, 1.54) is 0 Å². The zero-order valence-corrected chi connectivity index (χ0v) is 10.7. The van der Waals surface area contributed by atoms with Gasteiger partial charge in [0.2, 0.25) is 11.8 Å². The molecule has 1 aliphatic heterocycles. The van der Waals surface area contributed by atoms with E-state index in [4.69, 9.17) is 0 Å². The first-order valence-corrected chi connectivity index (χ1v) is 6.07. The molecule has 2 N–H and O–H groups in total. The van der Waals surface area contributed by atoms with E-state index >= 15 is 0 Å². The normalized spacial score (nSPS) is 16.6. The zero-order valence-electron chi connectivity index (χ0n) is 10.7. The molecule has 1 aliphatic rings. The lowest BCUT2D eigenvalue weighted by Gasteiger charge is -2.26. The highest BCUT2D eigenvalue weighted by Crippen LogP contribution is 1.91. The van der Waals surface area contributed by atoms with Crippen molar-refractivity contribution in [1.82, 2.24) is 20.4 Å². The fraction of sp³-hybridized carbons (Fsp3) is 0.818. The van der Waals surface area contributed by atoms with E-state index in [0.717, 1.165) is 26.2 Å². The van der Waals surface area contributed by atoms with Crippen molar-refractivity contribution in [2.24, 2.45) is 0 Å². The number of nitrogens with one attached hydrogen (secondary N) is 2. The molecule has 0 aliphatic carbocycles. The number of nitrogens with zero attached hydrogens (tertiary/aromatic N) is 2. The van der Waals surface area contributed by atoms with E-state index in [0.29, 0.717) is 13.1 Å². The van der Waals surface area contributed by atoms with Crippen LogP contribution in [0.3, 0.4) is 0 Å². The van der Waals surface area contributed by atoms with Crippen molar-refractivity contribution in [3.63, 3.8) is 0 Å². The summed E-state index contributed by atoms with van der Waals surface area (Å²) < 4.78 is 0. The summed E-state index contributed by atoms with van der Waals surface area (Å²) in [6, 6.07) is 0. The predicted octanol–water partition coefficient (Wildman–Crippen LogP) is -1.51. The molecule has 0 aromatic heterocycles. The minimum Gasteiger partial charge on any atom is -0.346 e. The second-order valence-electron chi connectivity index (χ2n) is 4.21. The Labute approximate surface area is 102 Å². The van der Waals surface area contributed by atoms with Crippen molar-refractivity contribution in [2.75, 3.05) is 52.9 Å². The highest BCUT2D eigenvalue weighted by atomic mass is 16.2. The van der Waals surface area contributed by atoms with Gasteiger partial charge in [0.25, 0.3) is 0 Å². The van der Waals surface area contributed by atoms with Crippen LogP contribution >= 0.6 is 0 Å². The van der Waals surface area contributed by atoms with Gasteiger partial charge in [0.15, 0.2) is 0 Å². The molecule has 0 radical (unpaired) electrons. The Hall–Kier alpha value is -1.14. The van der Waals surface area contributed by atoms with Crippen LogP contribution in [0.25, 0.3) is 0 Å². The predicted molar refractivity (Wildman–Crippen MR) is 65.6 cm³/mol. The zero-order chi connectivity index (χ0) is 12.7. The van der Waals surface area contributed by atoms with Crippen LogP contribution in [0.2, 0.25) is 0 Å². The maximum atomic E-state index is 11.6. The van der Waals surface area contributed by atoms with Gasteiger partial charge >= 0.3 is 0 Å². The molecule has 0 atom stereocenters. The molecule has 0 unspecified atom stereocenters. The number of likely N-dealkylation sites (N-methyl/N-ethyl adjacent to an activating group) is 1. The smallest absolute Gasteiger partial charge is 0.241 e. The first-order chi connectivity index (χ1) is 8.13. The SMILES string of the molecule is CCN(C)C(=O)CNC(=O)CN1CCNCC1. The summed E-state index contributed by atoms with van der Waals surface area (Å²) in [5.74, 6) is -0.133. The molecule has 1 saturated heterocycles. The Morgan fingerprint density at radius 3 is 2.59 bits per heavy atom. The number of rotatable bonds is 5. The van der Waals surface area contributed by atoms with Gasteiger partial charge in [0.05, 0.1) is 13.1 Å². The molecule has 0 bridgehead atoms. The molecule has 2 amide bonds. The molecule has 0 aromatic rings. The van der Waals surface area contributed by atoms with Crippen molar-refractivity contribution in [3.05, 3.63) is 0 Å². The third-order valence-corrected chi connectivity index (χ3v) is 2.91. The van der Waals surface area contributed by atoms with Crippen molar-refractivity contribution < 1.29 is 9.59 Å². The molecule has 98 valence electrons. The van der Waals surface area contributed by atoms with E-state index in [-0.39, 0.29) is 18.4 Å². The molecule has 0 saturated carbocycles. The molecule has 1 heterocycles. The van der Waals surface area contributed by atoms with Crippen LogP contribution < -0.4 is 10.6 Å². The number of hydrogen-bond acceptors (Lipinski definition) is 4. The summed E-state index contributed by atoms with van der Waals surface area (Å²) in [7, 11) is 1.73. The maximum Gasteiger partial charge on any atom is 0.241 e. The van der Waals surface area contributed by atoms with Crippen LogP contribution in [0, 0.1) is 0 Å². The maximum absolute atomic E-state index is 11.6. The molecule has 6 heteroatoms. The largest absolute Gasteiger partial charge is 0.346 e. The summed E-state index contributed by atoms with van der Waals surface area (Å²) in [6.45, 7) is 6.65.